The molecule has 1 aromatic rings. The third-order valence-corrected chi connectivity index (χ3v) is 2.33. The summed E-state index contributed by atoms with van der Waals surface area (Å²) in [7, 11) is 0. The van der Waals surface area contributed by atoms with Gasteiger partial charge in [-0.15, -0.1) is 0 Å². The number of carboxylic acid groups (broad SMARTS) is 1. The van der Waals surface area contributed by atoms with Crippen LogP contribution in [0, 0.1) is 5.92 Å². The van der Waals surface area contributed by atoms with E-state index in [0.717, 1.165) is 5.56 Å². The first-order valence-electron chi connectivity index (χ1n) is 4.77. The van der Waals surface area contributed by atoms with Crippen molar-refractivity contribution in [2.24, 2.45) is 5.92 Å². The first-order valence-corrected chi connectivity index (χ1v) is 5.15. The zero-order chi connectivity index (χ0) is 11.3. The van der Waals surface area contributed by atoms with E-state index in [2.05, 4.69) is 5.32 Å². The van der Waals surface area contributed by atoms with Crippen LogP contribution in [0.2, 0.25) is 5.02 Å². The van der Waals surface area contributed by atoms with Crippen LogP contribution < -0.4 is 5.32 Å². The summed E-state index contributed by atoms with van der Waals surface area (Å²) >= 11 is 5.81. The Bertz CT molecular complexity index is 341. The van der Waals surface area contributed by atoms with E-state index in [1.54, 1.807) is 6.92 Å². The van der Waals surface area contributed by atoms with Crippen LogP contribution in [0.1, 0.15) is 12.5 Å². The van der Waals surface area contributed by atoms with E-state index in [4.69, 9.17) is 16.7 Å². The fourth-order valence-corrected chi connectivity index (χ4v) is 1.38. The normalized spacial score (nSPS) is 12.4. The number of benzene rings is 1. The fourth-order valence-electron chi connectivity index (χ4n) is 1.17. The van der Waals surface area contributed by atoms with Gasteiger partial charge in [0.1, 0.15) is 0 Å². The molecule has 1 atom stereocenters. The molecule has 1 unspecified atom stereocenters. The summed E-state index contributed by atoms with van der Waals surface area (Å²) < 4.78 is 0. The van der Waals surface area contributed by atoms with Crippen LogP contribution in [0.3, 0.4) is 0 Å². The molecule has 0 aliphatic heterocycles. The van der Waals surface area contributed by atoms with Gasteiger partial charge in [0, 0.05) is 18.1 Å². The van der Waals surface area contributed by atoms with Crippen molar-refractivity contribution in [2.45, 2.75) is 13.5 Å². The number of carbonyl (C=O) groups is 1. The molecule has 0 radical (unpaired) electrons. The number of nitrogens with one attached hydrogen (secondary N) is 1. The van der Waals surface area contributed by atoms with Crippen molar-refractivity contribution in [1.29, 1.82) is 0 Å². The first kappa shape index (κ1) is 12.0. The van der Waals surface area contributed by atoms with E-state index >= 15 is 0 Å². The van der Waals surface area contributed by atoms with Crippen LogP contribution in [-0.2, 0) is 11.3 Å². The highest BCUT2D eigenvalue weighted by Gasteiger charge is 2.09. The SMILES string of the molecule is CC(CNCc1cccc(Cl)c1)C(=O)O. The maximum atomic E-state index is 10.5. The number of rotatable bonds is 5. The summed E-state index contributed by atoms with van der Waals surface area (Å²) in [5, 5.41) is 12.4. The average molecular weight is 228 g/mol. The maximum Gasteiger partial charge on any atom is 0.307 e. The van der Waals surface area contributed by atoms with Gasteiger partial charge in [-0.2, -0.15) is 0 Å². The first-order chi connectivity index (χ1) is 7.09. The quantitative estimate of drug-likeness (QED) is 0.811. The zero-order valence-electron chi connectivity index (χ0n) is 8.53. The molecule has 15 heavy (non-hydrogen) atoms. The fraction of sp³-hybridized carbons (Fsp3) is 0.364. The number of hydrogen-bond donors (Lipinski definition) is 2. The molecule has 3 nitrogen and oxygen atoms in total. The lowest BCUT2D eigenvalue weighted by Crippen LogP contribution is -2.25. The highest BCUT2D eigenvalue weighted by molar-refractivity contribution is 6.30. The Hall–Kier alpha value is -1.06. The van der Waals surface area contributed by atoms with E-state index in [9.17, 15) is 4.79 Å². The van der Waals surface area contributed by atoms with Crippen molar-refractivity contribution in [3.05, 3.63) is 34.9 Å². The Labute approximate surface area is 94.1 Å². The molecule has 0 fully saturated rings. The molecule has 0 aliphatic carbocycles. The molecule has 0 aliphatic rings. The van der Waals surface area contributed by atoms with Crippen molar-refractivity contribution < 1.29 is 9.90 Å². The number of carboxylic acids is 1. The third-order valence-electron chi connectivity index (χ3n) is 2.09. The minimum Gasteiger partial charge on any atom is -0.481 e. The van der Waals surface area contributed by atoms with Gasteiger partial charge in [0.15, 0.2) is 0 Å². The molecule has 1 aromatic carbocycles. The second kappa shape index (κ2) is 5.73. The molecule has 0 bridgehead atoms. The van der Waals surface area contributed by atoms with Crippen molar-refractivity contribution >= 4 is 17.6 Å². The summed E-state index contributed by atoms with van der Waals surface area (Å²) in [6.45, 7) is 2.77. The molecular formula is C11H14ClNO2. The van der Waals surface area contributed by atoms with Crippen molar-refractivity contribution in [2.75, 3.05) is 6.54 Å². The van der Waals surface area contributed by atoms with Gasteiger partial charge in [0.2, 0.25) is 0 Å². The minimum absolute atomic E-state index is 0.371. The van der Waals surface area contributed by atoms with E-state index in [1.807, 2.05) is 24.3 Å². The Morgan fingerprint density at radius 3 is 2.93 bits per heavy atom. The number of hydrogen-bond acceptors (Lipinski definition) is 2. The molecule has 0 aromatic heterocycles. The summed E-state index contributed by atoms with van der Waals surface area (Å²) in [4.78, 5) is 10.5. The second-order valence-electron chi connectivity index (χ2n) is 3.50. The van der Waals surface area contributed by atoms with Crippen molar-refractivity contribution in [3.8, 4) is 0 Å². The van der Waals surface area contributed by atoms with Crippen molar-refractivity contribution in [3.63, 3.8) is 0 Å². The van der Waals surface area contributed by atoms with Crippen LogP contribution >= 0.6 is 11.6 Å². The number of halogens is 1. The standard InChI is InChI=1S/C11H14ClNO2/c1-8(11(14)15)6-13-7-9-3-2-4-10(12)5-9/h2-5,8,13H,6-7H2,1H3,(H,14,15). The van der Waals surface area contributed by atoms with Gasteiger partial charge in [-0.25, -0.2) is 0 Å². The van der Waals surface area contributed by atoms with Gasteiger partial charge in [0.25, 0.3) is 0 Å². The summed E-state index contributed by atoms with van der Waals surface area (Å²) in [5.74, 6) is -1.15. The lowest BCUT2D eigenvalue weighted by molar-refractivity contribution is -0.140. The molecule has 0 spiro atoms. The van der Waals surface area contributed by atoms with Gasteiger partial charge in [-0.1, -0.05) is 30.7 Å². The van der Waals surface area contributed by atoms with Gasteiger partial charge in [0.05, 0.1) is 5.92 Å². The smallest absolute Gasteiger partial charge is 0.307 e. The van der Waals surface area contributed by atoms with Gasteiger partial charge >= 0.3 is 5.97 Å². The summed E-state index contributed by atoms with van der Waals surface area (Å²) in [6.07, 6.45) is 0. The van der Waals surface area contributed by atoms with Gasteiger partial charge in [-0.05, 0) is 17.7 Å². The molecule has 0 heterocycles. The van der Waals surface area contributed by atoms with Gasteiger partial charge in [-0.3, -0.25) is 4.79 Å². The van der Waals surface area contributed by atoms with Gasteiger partial charge < -0.3 is 10.4 Å². The third kappa shape index (κ3) is 4.32. The predicted octanol–water partition coefficient (Wildman–Crippen LogP) is 2.15. The molecule has 0 saturated carbocycles. The van der Waals surface area contributed by atoms with Crippen LogP contribution in [0.15, 0.2) is 24.3 Å². The predicted molar refractivity (Wildman–Crippen MR) is 60.0 cm³/mol. The second-order valence-corrected chi connectivity index (χ2v) is 3.94. The Morgan fingerprint density at radius 2 is 2.33 bits per heavy atom. The van der Waals surface area contributed by atoms with E-state index in [0.29, 0.717) is 18.1 Å². The van der Waals surface area contributed by atoms with Crippen LogP contribution in [-0.4, -0.2) is 17.6 Å². The zero-order valence-corrected chi connectivity index (χ0v) is 9.29. The van der Waals surface area contributed by atoms with E-state index in [-0.39, 0.29) is 5.92 Å². The minimum atomic E-state index is -0.784. The number of aliphatic carboxylic acids is 1. The molecule has 1 rings (SSSR count). The highest BCUT2D eigenvalue weighted by atomic mass is 35.5. The van der Waals surface area contributed by atoms with Crippen LogP contribution in [0.5, 0.6) is 0 Å². The van der Waals surface area contributed by atoms with Crippen LogP contribution in [0.4, 0.5) is 0 Å². The van der Waals surface area contributed by atoms with E-state index < -0.39 is 5.97 Å². The van der Waals surface area contributed by atoms with Crippen LogP contribution in [0.25, 0.3) is 0 Å². The highest BCUT2D eigenvalue weighted by Crippen LogP contribution is 2.10. The Kier molecular flexibility index (Phi) is 4.59. The lowest BCUT2D eigenvalue weighted by Gasteiger charge is -2.08. The maximum absolute atomic E-state index is 10.5. The Balaban J connectivity index is 2.35. The molecule has 2 N–H and O–H groups in total. The molecule has 0 amide bonds. The molecular weight excluding hydrogens is 214 g/mol. The summed E-state index contributed by atoms with van der Waals surface area (Å²) in [6, 6.07) is 7.50. The lowest BCUT2D eigenvalue weighted by atomic mass is 10.1. The van der Waals surface area contributed by atoms with E-state index in [1.165, 1.54) is 0 Å². The molecule has 4 heteroatoms. The largest absolute Gasteiger partial charge is 0.481 e. The molecule has 0 saturated heterocycles. The molecule has 82 valence electrons. The average Bonchev–Trinajstić information content (AvgIpc) is 2.17. The summed E-state index contributed by atoms with van der Waals surface area (Å²) in [5.41, 5.74) is 1.06. The topological polar surface area (TPSA) is 49.3 Å². The monoisotopic (exact) mass is 227 g/mol. The Morgan fingerprint density at radius 1 is 1.60 bits per heavy atom. The van der Waals surface area contributed by atoms with Crippen molar-refractivity contribution in [1.82, 2.24) is 5.32 Å².